The Bertz CT molecular complexity index is 491. The Kier molecular flexibility index (Phi) is 4.27. The van der Waals surface area contributed by atoms with E-state index in [2.05, 4.69) is 22.7 Å². The highest BCUT2D eigenvalue weighted by molar-refractivity contribution is 5.59. The van der Waals surface area contributed by atoms with Crippen LogP contribution < -0.4 is 10.6 Å². The fourth-order valence-corrected chi connectivity index (χ4v) is 2.70. The first-order valence-corrected chi connectivity index (χ1v) is 7.13. The third-order valence-corrected chi connectivity index (χ3v) is 4.07. The maximum absolute atomic E-state index is 11.2. The number of nitrogens with one attached hydrogen (secondary N) is 2. The van der Waals surface area contributed by atoms with Gasteiger partial charge in [-0.2, -0.15) is 5.10 Å². The number of hydrogen-bond donors (Lipinski definition) is 2. The molecule has 20 heavy (non-hydrogen) atoms. The van der Waals surface area contributed by atoms with Crippen LogP contribution in [0.25, 0.3) is 0 Å². The van der Waals surface area contributed by atoms with Gasteiger partial charge in [0.1, 0.15) is 5.69 Å². The zero-order chi connectivity index (χ0) is 14.8. The van der Waals surface area contributed by atoms with Crippen LogP contribution in [0.5, 0.6) is 0 Å². The molecule has 0 saturated carbocycles. The zero-order valence-electron chi connectivity index (χ0n) is 12.4. The second-order valence-electron chi connectivity index (χ2n) is 5.77. The lowest BCUT2D eigenvalue weighted by Crippen LogP contribution is -2.39. The van der Waals surface area contributed by atoms with Gasteiger partial charge in [-0.25, -0.2) is 4.68 Å². The largest absolute Gasteiger partial charge is 0.364 e. The predicted molar refractivity (Wildman–Crippen MR) is 78.0 cm³/mol. The number of hydrogen-bond acceptors (Lipinski definition) is 5. The van der Waals surface area contributed by atoms with E-state index < -0.39 is 0 Å². The summed E-state index contributed by atoms with van der Waals surface area (Å²) in [6, 6.07) is 0. The van der Waals surface area contributed by atoms with Crippen LogP contribution in [0.3, 0.4) is 0 Å². The minimum Gasteiger partial charge on any atom is -0.364 e. The summed E-state index contributed by atoms with van der Waals surface area (Å²) in [7, 11) is 0. The van der Waals surface area contributed by atoms with E-state index in [1.54, 1.807) is 11.6 Å². The van der Waals surface area contributed by atoms with Crippen LogP contribution in [0.2, 0.25) is 0 Å². The topological polar surface area (TPSA) is 85.0 Å². The number of aryl methyl sites for hydroxylation is 2. The molecule has 7 nitrogen and oxygen atoms in total. The molecule has 1 aromatic heterocycles. The molecule has 1 aliphatic rings. The Morgan fingerprint density at radius 1 is 1.50 bits per heavy atom. The average molecular weight is 281 g/mol. The smallest absolute Gasteiger partial charge is 0.333 e. The molecule has 0 amide bonds. The summed E-state index contributed by atoms with van der Waals surface area (Å²) in [5.74, 6) is 0.537. The summed E-state index contributed by atoms with van der Waals surface area (Å²) in [5.41, 5.74) is 0.745. The molecule has 1 fully saturated rings. The van der Waals surface area contributed by atoms with Crippen molar-refractivity contribution in [3.63, 3.8) is 0 Å². The quantitative estimate of drug-likeness (QED) is 0.636. The number of piperidine rings is 1. The summed E-state index contributed by atoms with van der Waals surface area (Å²) in [5, 5.41) is 22.1. The summed E-state index contributed by atoms with van der Waals surface area (Å²) >= 11 is 0. The van der Waals surface area contributed by atoms with Crippen LogP contribution in [0.15, 0.2) is 0 Å². The number of nitro groups is 1. The van der Waals surface area contributed by atoms with E-state index in [0.717, 1.165) is 32.5 Å². The van der Waals surface area contributed by atoms with Crippen LogP contribution in [-0.2, 0) is 6.54 Å². The average Bonchev–Trinajstić information content (AvgIpc) is 2.73. The molecule has 0 aromatic carbocycles. The molecule has 0 aliphatic carbocycles. The maximum Gasteiger partial charge on any atom is 0.333 e. The predicted octanol–water partition coefficient (Wildman–Crippen LogP) is 1.92. The Labute approximate surface area is 118 Å². The maximum atomic E-state index is 11.2. The van der Waals surface area contributed by atoms with Crippen LogP contribution >= 0.6 is 0 Å². The Morgan fingerprint density at radius 3 is 2.70 bits per heavy atom. The van der Waals surface area contributed by atoms with Crippen molar-refractivity contribution in [3.05, 3.63) is 15.8 Å². The van der Waals surface area contributed by atoms with E-state index in [1.165, 1.54) is 0 Å². The first kappa shape index (κ1) is 14.8. The molecule has 1 aromatic rings. The molecule has 2 heterocycles. The van der Waals surface area contributed by atoms with Gasteiger partial charge in [-0.1, -0.05) is 6.92 Å². The molecule has 0 bridgehead atoms. The molecule has 1 saturated heterocycles. The normalized spacial score (nSPS) is 17.9. The molecule has 1 aliphatic heterocycles. The van der Waals surface area contributed by atoms with Crippen LogP contribution in [0, 0.1) is 22.5 Å². The van der Waals surface area contributed by atoms with E-state index in [0.29, 0.717) is 18.1 Å². The summed E-state index contributed by atoms with van der Waals surface area (Å²) in [6.45, 7) is 9.22. The van der Waals surface area contributed by atoms with E-state index in [4.69, 9.17) is 0 Å². The lowest BCUT2D eigenvalue weighted by molar-refractivity contribution is -0.384. The van der Waals surface area contributed by atoms with Crippen molar-refractivity contribution in [2.75, 3.05) is 25.0 Å². The third-order valence-electron chi connectivity index (χ3n) is 4.07. The lowest BCUT2D eigenvalue weighted by Gasteiger charge is -2.34. The van der Waals surface area contributed by atoms with Gasteiger partial charge in [0.05, 0.1) is 4.92 Å². The van der Waals surface area contributed by atoms with Crippen molar-refractivity contribution in [2.45, 2.75) is 40.2 Å². The highest BCUT2D eigenvalue weighted by Gasteiger charge is 2.30. The monoisotopic (exact) mass is 281 g/mol. The van der Waals surface area contributed by atoms with Crippen LogP contribution in [0.4, 0.5) is 11.5 Å². The molecule has 2 rings (SSSR count). The Balaban J connectivity index is 2.17. The van der Waals surface area contributed by atoms with Gasteiger partial charge < -0.3 is 10.6 Å². The fraction of sp³-hybridized carbons (Fsp3) is 0.769. The standard InChI is InChI=1S/C13H23N5O2/c1-4-17-12(11(18(19)20)10(2)16-17)15-9-13(3)5-7-14-8-6-13/h14-15H,4-9H2,1-3H3. The van der Waals surface area contributed by atoms with Crippen molar-refractivity contribution < 1.29 is 4.92 Å². The minimum atomic E-state index is -0.346. The van der Waals surface area contributed by atoms with Gasteiger partial charge in [0.15, 0.2) is 0 Å². The van der Waals surface area contributed by atoms with E-state index >= 15 is 0 Å². The first-order valence-electron chi connectivity index (χ1n) is 7.13. The lowest BCUT2D eigenvalue weighted by atomic mass is 9.81. The molecule has 0 spiro atoms. The van der Waals surface area contributed by atoms with Gasteiger partial charge in [0.25, 0.3) is 0 Å². The molecular formula is C13H23N5O2. The Morgan fingerprint density at radius 2 is 2.15 bits per heavy atom. The van der Waals surface area contributed by atoms with Crippen LogP contribution in [-0.4, -0.2) is 34.3 Å². The number of anilines is 1. The fourth-order valence-electron chi connectivity index (χ4n) is 2.70. The highest BCUT2D eigenvalue weighted by Crippen LogP contribution is 2.32. The molecule has 112 valence electrons. The van der Waals surface area contributed by atoms with Crippen LogP contribution in [0.1, 0.15) is 32.4 Å². The molecular weight excluding hydrogens is 258 g/mol. The van der Waals surface area contributed by atoms with Crippen molar-refractivity contribution >= 4 is 11.5 Å². The third kappa shape index (κ3) is 2.92. The van der Waals surface area contributed by atoms with Gasteiger partial charge in [-0.3, -0.25) is 10.1 Å². The zero-order valence-corrected chi connectivity index (χ0v) is 12.4. The van der Waals surface area contributed by atoms with E-state index in [9.17, 15) is 10.1 Å². The Hall–Kier alpha value is -1.63. The van der Waals surface area contributed by atoms with Gasteiger partial charge >= 0.3 is 5.69 Å². The van der Waals surface area contributed by atoms with Crippen molar-refractivity contribution in [1.82, 2.24) is 15.1 Å². The van der Waals surface area contributed by atoms with Crippen molar-refractivity contribution in [3.8, 4) is 0 Å². The number of nitrogens with zero attached hydrogens (tertiary/aromatic N) is 3. The van der Waals surface area contributed by atoms with Crippen molar-refractivity contribution in [1.29, 1.82) is 0 Å². The minimum absolute atomic E-state index is 0.101. The summed E-state index contributed by atoms with van der Waals surface area (Å²) in [6.07, 6.45) is 2.15. The molecule has 0 atom stereocenters. The van der Waals surface area contributed by atoms with Gasteiger partial charge in [0, 0.05) is 13.1 Å². The highest BCUT2D eigenvalue weighted by atomic mass is 16.6. The van der Waals surface area contributed by atoms with Gasteiger partial charge in [-0.15, -0.1) is 0 Å². The SMILES string of the molecule is CCn1nc(C)c([N+](=O)[O-])c1NCC1(C)CCNCC1. The summed E-state index contributed by atoms with van der Waals surface area (Å²) in [4.78, 5) is 10.9. The second kappa shape index (κ2) is 5.78. The second-order valence-corrected chi connectivity index (χ2v) is 5.77. The van der Waals surface area contributed by atoms with E-state index in [-0.39, 0.29) is 16.0 Å². The molecule has 0 unspecified atom stereocenters. The van der Waals surface area contributed by atoms with E-state index in [1.807, 2.05) is 6.92 Å². The first-order chi connectivity index (χ1) is 9.47. The molecule has 0 radical (unpaired) electrons. The van der Waals surface area contributed by atoms with Gasteiger partial charge in [-0.05, 0) is 45.2 Å². The molecule has 7 heteroatoms. The van der Waals surface area contributed by atoms with Crippen molar-refractivity contribution in [2.24, 2.45) is 5.41 Å². The van der Waals surface area contributed by atoms with Gasteiger partial charge in [0.2, 0.25) is 5.82 Å². The number of rotatable bonds is 5. The number of aromatic nitrogens is 2. The summed E-state index contributed by atoms with van der Waals surface area (Å²) < 4.78 is 1.68. The molecule has 2 N–H and O–H groups in total.